The molecular weight excluding hydrogens is 418 g/mol. The van der Waals surface area contributed by atoms with Gasteiger partial charge in [0, 0.05) is 21.6 Å². The first-order valence-corrected chi connectivity index (χ1v) is 10.9. The van der Waals surface area contributed by atoms with Crippen LogP contribution in [0.15, 0.2) is 53.0 Å². The van der Waals surface area contributed by atoms with E-state index < -0.39 is 9.84 Å². The number of carbonyl (C=O) groups is 2. The molecule has 1 saturated heterocycles. The predicted octanol–water partition coefficient (Wildman–Crippen LogP) is 2.99. The summed E-state index contributed by atoms with van der Waals surface area (Å²) in [5, 5.41) is 2.87. The van der Waals surface area contributed by atoms with Crippen LogP contribution in [0.25, 0.3) is 0 Å². The standard InChI is InChI=1S/C19H18BrNO4S/c20-14-7-5-13(6-8-14)18(22)16-3-1-2-4-17(16)19(23)21-15-9-11-26(24,25)12-10-15/h1-8,15H,9-12H2,(H,21,23). The van der Waals surface area contributed by atoms with Gasteiger partial charge in [-0.2, -0.15) is 0 Å². The number of amides is 1. The number of halogens is 1. The predicted molar refractivity (Wildman–Crippen MR) is 103 cm³/mol. The molecule has 1 fully saturated rings. The summed E-state index contributed by atoms with van der Waals surface area (Å²) in [4.78, 5) is 25.5. The van der Waals surface area contributed by atoms with Crippen molar-refractivity contribution in [1.82, 2.24) is 5.32 Å². The van der Waals surface area contributed by atoms with Gasteiger partial charge in [0.1, 0.15) is 9.84 Å². The average molecular weight is 436 g/mol. The minimum Gasteiger partial charge on any atom is -0.349 e. The molecule has 0 aromatic heterocycles. The first-order chi connectivity index (χ1) is 12.4. The maximum absolute atomic E-state index is 12.8. The number of hydrogen-bond acceptors (Lipinski definition) is 4. The molecular formula is C19H18BrNO4S. The Balaban J connectivity index is 1.79. The summed E-state index contributed by atoms with van der Waals surface area (Å²) >= 11 is 3.33. The van der Waals surface area contributed by atoms with Gasteiger partial charge in [-0.25, -0.2) is 8.42 Å². The molecule has 2 aromatic carbocycles. The van der Waals surface area contributed by atoms with Gasteiger partial charge in [0.2, 0.25) is 0 Å². The van der Waals surface area contributed by atoms with Crippen LogP contribution in [0.1, 0.15) is 39.1 Å². The smallest absolute Gasteiger partial charge is 0.252 e. The van der Waals surface area contributed by atoms with E-state index in [9.17, 15) is 18.0 Å². The molecule has 26 heavy (non-hydrogen) atoms. The summed E-state index contributed by atoms with van der Waals surface area (Å²) in [6.45, 7) is 0. The Labute approximate surface area is 160 Å². The van der Waals surface area contributed by atoms with Crippen molar-refractivity contribution in [2.75, 3.05) is 11.5 Å². The Morgan fingerprint density at radius 2 is 1.50 bits per heavy atom. The minimum absolute atomic E-state index is 0.0808. The minimum atomic E-state index is -2.99. The normalized spacial score (nSPS) is 16.8. The SMILES string of the molecule is O=C(NC1CCS(=O)(=O)CC1)c1ccccc1C(=O)c1ccc(Br)cc1. The van der Waals surface area contributed by atoms with Crippen LogP contribution in [-0.4, -0.2) is 37.7 Å². The van der Waals surface area contributed by atoms with Crippen molar-refractivity contribution in [1.29, 1.82) is 0 Å². The van der Waals surface area contributed by atoms with E-state index in [0.29, 0.717) is 29.5 Å². The summed E-state index contributed by atoms with van der Waals surface area (Å²) in [7, 11) is -2.99. The first kappa shape index (κ1) is 18.8. The Bertz CT molecular complexity index is 924. The van der Waals surface area contributed by atoms with Crippen LogP contribution in [0.3, 0.4) is 0 Å². The van der Waals surface area contributed by atoms with Crippen LogP contribution >= 0.6 is 15.9 Å². The van der Waals surface area contributed by atoms with Gasteiger partial charge < -0.3 is 5.32 Å². The van der Waals surface area contributed by atoms with Gasteiger partial charge >= 0.3 is 0 Å². The zero-order valence-electron chi connectivity index (χ0n) is 13.9. The molecule has 0 saturated carbocycles. The van der Waals surface area contributed by atoms with Crippen molar-refractivity contribution in [3.05, 3.63) is 69.7 Å². The third-order valence-electron chi connectivity index (χ3n) is 4.41. The maximum atomic E-state index is 12.8. The van der Waals surface area contributed by atoms with Crippen molar-refractivity contribution in [3.8, 4) is 0 Å². The molecule has 1 aliphatic heterocycles. The van der Waals surface area contributed by atoms with E-state index in [0.717, 1.165) is 4.47 Å². The molecule has 1 N–H and O–H groups in total. The van der Waals surface area contributed by atoms with E-state index in [1.165, 1.54) is 0 Å². The molecule has 7 heteroatoms. The zero-order chi connectivity index (χ0) is 18.7. The van der Waals surface area contributed by atoms with Crippen LogP contribution in [0.5, 0.6) is 0 Å². The topological polar surface area (TPSA) is 80.3 Å². The quantitative estimate of drug-likeness (QED) is 0.748. The van der Waals surface area contributed by atoms with Gasteiger partial charge in [0.15, 0.2) is 5.78 Å². The highest BCUT2D eigenvalue weighted by molar-refractivity contribution is 9.10. The molecule has 136 valence electrons. The largest absolute Gasteiger partial charge is 0.349 e. The fourth-order valence-electron chi connectivity index (χ4n) is 2.93. The van der Waals surface area contributed by atoms with Crippen LogP contribution in [0, 0.1) is 0 Å². The van der Waals surface area contributed by atoms with Crippen molar-refractivity contribution in [2.24, 2.45) is 0 Å². The lowest BCUT2D eigenvalue weighted by atomic mass is 9.97. The molecule has 3 rings (SSSR count). The van der Waals surface area contributed by atoms with Crippen molar-refractivity contribution >= 4 is 37.5 Å². The highest BCUT2D eigenvalue weighted by Crippen LogP contribution is 2.19. The summed E-state index contributed by atoms with van der Waals surface area (Å²) in [5.41, 5.74) is 1.13. The molecule has 0 bridgehead atoms. The van der Waals surface area contributed by atoms with Gasteiger partial charge in [-0.3, -0.25) is 9.59 Å². The second-order valence-electron chi connectivity index (χ2n) is 6.28. The summed E-state index contributed by atoms with van der Waals surface area (Å²) in [6.07, 6.45) is 0.799. The molecule has 0 aliphatic carbocycles. The van der Waals surface area contributed by atoms with Gasteiger partial charge in [0.05, 0.1) is 17.1 Å². The van der Waals surface area contributed by atoms with Gasteiger partial charge in [0.25, 0.3) is 5.91 Å². The van der Waals surface area contributed by atoms with E-state index in [2.05, 4.69) is 21.2 Å². The number of ketones is 1. The Kier molecular flexibility index (Phi) is 5.58. The number of benzene rings is 2. The molecule has 2 aromatic rings. The van der Waals surface area contributed by atoms with Crippen molar-refractivity contribution < 1.29 is 18.0 Å². The molecule has 1 amide bonds. The number of sulfone groups is 1. The Morgan fingerprint density at radius 1 is 0.923 bits per heavy atom. The summed E-state index contributed by atoms with van der Waals surface area (Å²) < 4.78 is 23.9. The molecule has 1 aliphatic rings. The third kappa shape index (κ3) is 4.40. The summed E-state index contributed by atoms with van der Waals surface area (Å²) in [6, 6.07) is 13.4. The van der Waals surface area contributed by atoms with E-state index in [4.69, 9.17) is 0 Å². The number of carbonyl (C=O) groups excluding carboxylic acids is 2. The van der Waals surface area contributed by atoms with Crippen LogP contribution in [0.4, 0.5) is 0 Å². The number of hydrogen-bond donors (Lipinski definition) is 1. The van der Waals surface area contributed by atoms with Gasteiger partial charge in [-0.1, -0.05) is 34.1 Å². The lowest BCUT2D eigenvalue weighted by Crippen LogP contribution is -2.41. The molecule has 5 nitrogen and oxygen atoms in total. The maximum Gasteiger partial charge on any atom is 0.252 e. The highest BCUT2D eigenvalue weighted by atomic mass is 79.9. The zero-order valence-corrected chi connectivity index (χ0v) is 16.3. The monoisotopic (exact) mass is 435 g/mol. The molecule has 0 radical (unpaired) electrons. The van der Waals surface area contributed by atoms with E-state index in [-0.39, 0.29) is 29.2 Å². The van der Waals surface area contributed by atoms with E-state index in [1.807, 2.05) is 0 Å². The van der Waals surface area contributed by atoms with Gasteiger partial charge in [-0.15, -0.1) is 0 Å². The first-order valence-electron chi connectivity index (χ1n) is 8.26. The molecule has 0 unspecified atom stereocenters. The summed E-state index contributed by atoms with van der Waals surface area (Å²) in [5.74, 6) is -0.417. The lowest BCUT2D eigenvalue weighted by molar-refractivity contribution is 0.0924. The average Bonchev–Trinajstić information content (AvgIpc) is 2.63. The van der Waals surface area contributed by atoms with E-state index in [1.54, 1.807) is 48.5 Å². The van der Waals surface area contributed by atoms with Crippen molar-refractivity contribution in [3.63, 3.8) is 0 Å². The number of nitrogens with one attached hydrogen (secondary N) is 1. The van der Waals surface area contributed by atoms with E-state index >= 15 is 0 Å². The second kappa shape index (κ2) is 7.72. The molecule has 0 spiro atoms. The highest BCUT2D eigenvalue weighted by Gasteiger charge is 2.26. The Morgan fingerprint density at radius 3 is 2.12 bits per heavy atom. The lowest BCUT2D eigenvalue weighted by Gasteiger charge is -2.23. The fourth-order valence-corrected chi connectivity index (χ4v) is 4.69. The molecule has 1 heterocycles. The second-order valence-corrected chi connectivity index (χ2v) is 9.50. The van der Waals surface area contributed by atoms with Crippen LogP contribution in [-0.2, 0) is 9.84 Å². The fraction of sp³-hybridized carbons (Fsp3) is 0.263. The third-order valence-corrected chi connectivity index (χ3v) is 6.66. The van der Waals surface area contributed by atoms with Crippen LogP contribution in [0.2, 0.25) is 0 Å². The Hall–Kier alpha value is -1.99. The van der Waals surface area contributed by atoms with Crippen LogP contribution < -0.4 is 5.32 Å². The van der Waals surface area contributed by atoms with Gasteiger partial charge in [-0.05, 0) is 43.2 Å². The number of rotatable bonds is 4. The van der Waals surface area contributed by atoms with Crippen molar-refractivity contribution in [2.45, 2.75) is 18.9 Å². The molecule has 0 atom stereocenters.